The molecule has 4 unspecified atom stereocenters. The highest BCUT2D eigenvalue weighted by atomic mass is 79.9. The van der Waals surface area contributed by atoms with E-state index >= 15 is 0 Å². The van der Waals surface area contributed by atoms with E-state index in [9.17, 15) is 19.8 Å². The molecule has 0 bridgehead atoms. The van der Waals surface area contributed by atoms with E-state index in [0.29, 0.717) is 11.1 Å². The molecule has 0 saturated heterocycles. The summed E-state index contributed by atoms with van der Waals surface area (Å²) in [5.41, 5.74) is -3.01. The zero-order chi connectivity index (χ0) is 22.0. The minimum atomic E-state index is -2.32. The molecule has 5 rings (SSSR count). The van der Waals surface area contributed by atoms with E-state index in [1.807, 2.05) is 0 Å². The lowest BCUT2D eigenvalue weighted by Gasteiger charge is -2.39. The fourth-order valence-electron chi connectivity index (χ4n) is 4.97. The molecule has 6 nitrogen and oxygen atoms in total. The monoisotopic (exact) mass is 499 g/mol. The standard InChI is InChI=1S/C23H15BrClNO5/c24-14-8-6-13(7-9-14)23-18(12-4-2-1-3-5-12)17(21(28)29)20(27)22(23,30)19-15(25)10-26-11-16(19)31-23/h1-11,17-18,30H,(H,28,29). The van der Waals surface area contributed by atoms with E-state index in [-0.39, 0.29) is 16.3 Å². The number of Topliss-reactive ketones (excluding diaryl/α,β-unsaturated/α-hetero) is 1. The number of carboxylic acids is 1. The van der Waals surface area contributed by atoms with Crippen LogP contribution in [-0.2, 0) is 20.8 Å². The van der Waals surface area contributed by atoms with Crippen LogP contribution in [0.3, 0.4) is 0 Å². The number of carbonyl (C=O) groups is 2. The molecule has 1 fully saturated rings. The number of aliphatic carboxylic acids is 1. The number of aromatic nitrogens is 1. The second-order valence-corrected chi connectivity index (χ2v) is 8.94. The first-order valence-electron chi connectivity index (χ1n) is 9.46. The number of ketones is 1. The van der Waals surface area contributed by atoms with Crippen LogP contribution in [0.5, 0.6) is 5.75 Å². The van der Waals surface area contributed by atoms with Crippen molar-refractivity contribution in [2.45, 2.75) is 17.1 Å². The van der Waals surface area contributed by atoms with Gasteiger partial charge in [-0.1, -0.05) is 70.0 Å². The van der Waals surface area contributed by atoms with Gasteiger partial charge in [0.05, 0.1) is 22.7 Å². The number of nitrogens with zero attached hydrogens (tertiary/aromatic N) is 1. The van der Waals surface area contributed by atoms with Crippen molar-refractivity contribution in [3.05, 3.63) is 93.2 Å². The molecule has 1 aliphatic heterocycles. The van der Waals surface area contributed by atoms with Gasteiger partial charge in [0.15, 0.2) is 17.0 Å². The molecule has 31 heavy (non-hydrogen) atoms. The average Bonchev–Trinajstić information content (AvgIpc) is 3.13. The van der Waals surface area contributed by atoms with E-state index in [4.69, 9.17) is 16.3 Å². The number of fused-ring (bicyclic) bond motifs is 3. The minimum Gasteiger partial charge on any atom is -0.481 e. The van der Waals surface area contributed by atoms with Crippen LogP contribution in [0, 0.1) is 5.92 Å². The number of aliphatic hydroxyl groups is 1. The van der Waals surface area contributed by atoms with E-state index in [2.05, 4.69) is 20.9 Å². The van der Waals surface area contributed by atoms with Crippen LogP contribution in [0.4, 0.5) is 0 Å². The molecule has 0 amide bonds. The van der Waals surface area contributed by atoms with Gasteiger partial charge in [-0.3, -0.25) is 14.6 Å². The smallest absolute Gasteiger partial charge is 0.314 e. The summed E-state index contributed by atoms with van der Waals surface area (Å²) < 4.78 is 7.13. The highest BCUT2D eigenvalue weighted by Crippen LogP contribution is 2.67. The number of hydrogen-bond donors (Lipinski definition) is 2. The Morgan fingerprint density at radius 3 is 2.42 bits per heavy atom. The molecule has 156 valence electrons. The predicted molar refractivity (Wildman–Crippen MR) is 115 cm³/mol. The number of ether oxygens (including phenoxy) is 1. The molecule has 2 N–H and O–H groups in total. The topological polar surface area (TPSA) is 96.7 Å². The number of hydrogen-bond acceptors (Lipinski definition) is 5. The van der Waals surface area contributed by atoms with Gasteiger partial charge in [0, 0.05) is 10.7 Å². The number of halogens is 2. The van der Waals surface area contributed by atoms with Crippen LogP contribution < -0.4 is 4.74 Å². The fourth-order valence-corrected chi connectivity index (χ4v) is 5.52. The molecular weight excluding hydrogens is 486 g/mol. The lowest BCUT2D eigenvalue weighted by atomic mass is 9.71. The SMILES string of the molecule is O=C(O)C1C(=O)C2(O)c3c(Cl)cncc3OC2(c2ccc(Br)cc2)C1c1ccccc1. The van der Waals surface area contributed by atoms with Crippen molar-refractivity contribution in [2.24, 2.45) is 5.92 Å². The van der Waals surface area contributed by atoms with Gasteiger partial charge >= 0.3 is 5.97 Å². The Balaban J connectivity index is 1.90. The van der Waals surface area contributed by atoms with E-state index in [1.165, 1.54) is 12.4 Å². The lowest BCUT2D eigenvalue weighted by molar-refractivity contribution is -0.154. The Bertz CT molecular complexity index is 1220. The van der Waals surface area contributed by atoms with Crippen LogP contribution in [0.25, 0.3) is 0 Å². The molecule has 2 heterocycles. The largest absolute Gasteiger partial charge is 0.481 e. The third kappa shape index (κ3) is 2.51. The van der Waals surface area contributed by atoms with Crippen LogP contribution >= 0.6 is 27.5 Å². The third-order valence-electron chi connectivity index (χ3n) is 6.14. The zero-order valence-corrected chi connectivity index (χ0v) is 18.2. The van der Waals surface area contributed by atoms with Crippen molar-refractivity contribution < 1.29 is 24.5 Å². The van der Waals surface area contributed by atoms with Gasteiger partial charge in [0.25, 0.3) is 0 Å². The van der Waals surface area contributed by atoms with Gasteiger partial charge in [0.2, 0.25) is 0 Å². The first-order valence-corrected chi connectivity index (χ1v) is 10.6. The van der Waals surface area contributed by atoms with Crippen molar-refractivity contribution in [1.29, 1.82) is 0 Å². The molecule has 8 heteroatoms. The molecule has 2 aliphatic rings. The van der Waals surface area contributed by atoms with E-state index < -0.39 is 34.8 Å². The second-order valence-electron chi connectivity index (χ2n) is 7.62. The lowest BCUT2D eigenvalue weighted by Crippen LogP contribution is -2.50. The number of pyridine rings is 1. The quantitative estimate of drug-likeness (QED) is 0.527. The Morgan fingerprint density at radius 1 is 1.10 bits per heavy atom. The molecule has 4 atom stereocenters. The van der Waals surface area contributed by atoms with Crippen molar-refractivity contribution in [3.63, 3.8) is 0 Å². The number of benzene rings is 2. The summed E-state index contributed by atoms with van der Waals surface area (Å²) in [6.07, 6.45) is 2.68. The first kappa shape index (κ1) is 20.2. The zero-order valence-electron chi connectivity index (χ0n) is 15.8. The maximum absolute atomic E-state index is 13.7. The van der Waals surface area contributed by atoms with Crippen LogP contribution in [0.15, 0.2) is 71.5 Å². The minimum absolute atomic E-state index is 0.0326. The van der Waals surface area contributed by atoms with Crippen LogP contribution in [0.2, 0.25) is 5.02 Å². The van der Waals surface area contributed by atoms with Gasteiger partial charge in [-0.25, -0.2) is 0 Å². The summed E-state index contributed by atoms with van der Waals surface area (Å²) >= 11 is 9.77. The van der Waals surface area contributed by atoms with Crippen molar-refractivity contribution in [3.8, 4) is 5.75 Å². The molecule has 3 aromatic rings. The Hall–Kier alpha value is -2.74. The molecular formula is C23H15BrClNO5. The van der Waals surface area contributed by atoms with Crippen LogP contribution in [0.1, 0.15) is 22.6 Å². The summed E-state index contributed by atoms with van der Waals surface area (Å²) in [6, 6.07) is 15.7. The van der Waals surface area contributed by atoms with Gasteiger partial charge in [0.1, 0.15) is 11.7 Å². The highest BCUT2D eigenvalue weighted by molar-refractivity contribution is 9.10. The molecule has 1 aromatic heterocycles. The molecule has 1 saturated carbocycles. The first-order chi connectivity index (χ1) is 14.8. The number of rotatable bonds is 3. The van der Waals surface area contributed by atoms with Crippen molar-refractivity contribution >= 4 is 39.3 Å². The maximum Gasteiger partial charge on any atom is 0.314 e. The Kier molecular flexibility index (Phi) is 4.48. The highest BCUT2D eigenvalue weighted by Gasteiger charge is 2.78. The summed E-state index contributed by atoms with van der Waals surface area (Å²) in [4.78, 5) is 30.1. The normalized spacial score (nSPS) is 28.7. The Morgan fingerprint density at radius 2 is 1.77 bits per heavy atom. The summed E-state index contributed by atoms with van der Waals surface area (Å²) in [6.45, 7) is 0. The van der Waals surface area contributed by atoms with Crippen molar-refractivity contribution in [2.75, 3.05) is 0 Å². The summed E-state index contributed by atoms with van der Waals surface area (Å²) in [7, 11) is 0. The average molecular weight is 501 g/mol. The van der Waals surface area contributed by atoms with Gasteiger partial charge in [-0.05, 0) is 23.3 Å². The summed E-state index contributed by atoms with van der Waals surface area (Å²) in [5.74, 6) is -4.63. The Labute approximate surface area is 190 Å². The predicted octanol–water partition coefficient (Wildman–Crippen LogP) is 4.04. The molecule has 1 aliphatic carbocycles. The fraction of sp³-hybridized carbons (Fsp3) is 0.174. The van der Waals surface area contributed by atoms with Crippen LogP contribution in [-0.4, -0.2) is 26.9 Å². The van der Waals surface area contributed by atoms with Gasteiger partial charge < -0.3 is 14.9 Å². The van der Waals surface area contributed by atoms with Crippen molar-refractivity contribution in [1.82, 2.24) is 4.98 Å². The van der Waals surface area contributed by atoms with E-state index in [1.54, 1.807) is 54.6 Å². The summed E-state index contributed by atoms with van der Waals surface area (Å²) in [5, 5.41) is 22.2. The second kappa shape index (κ2) is 6.88. The van der Waals surface area contributed by atoms with Gasteiger partial charge in [-0.15, -0.1) is 0 Å². The number of carboxylic acid groups (broad SMARTS) is 1. The maximum atomic E-state index is 13.7. The molecule has 2 aromatic carbocycles. The number of carbonyl (C=O) groups excluding carboxylic acids is 1. The van der Waals surface area contributed by atoms with E-state index in [0.717, 1.165) is 4.47 Å². The third-order valence-corrected chi connectivity index (χ3v) is 6.96. The molecule has 0 radical (unpaired) electrons. The van der Waals surface area contributed by atoms with Gasteiger partial charge in [-0.2, -0.15) is 0 Å². The molecule has 0 spiro atoms.